The van der Waals surface area contributed by atoms with Gasteiger partial charge in [-0.15, -0.1) is 10.2 Å². The molecule has 1 atom stereocenters. The number of rotatable bonds is 4. The zero-order valence-corrected chi connectivity index (χ0v) is 14.6. The smallest absolute Gasteiger partial charge is 0.233 e. The third kappa shape index (κ3) is 2.74. The van der Waals surface area contributed by atoms with Crippen LogP contribution in [0.15, 0.2) is 36.7 Å². The minimum atomic E-state index is -0.346. The second kappa shape index (κ2) is 6.59. The summed E-state index contributed by atoms with van der Waals surface area (Å²) in [4.78, 5) is 15.4. The van der Waals surface area contributed by atoms with Crippen molar-refractivity contribution in [3.8, 4) is 0 Å². The lowest BCUT2D eigenvalue weighted by Crippen LogP contribution is -2.54. The zero-order chi connectivity index (χ0) is 17.3. The molecule has 2 fully saturated rings. The highest BCUT2D eigenvalue weighted by molar-refractivity contribution is 5.89. The van der Waals surface area contributed by atoms with Crippen molar-refractivity contribution in [3.63, 3.8) is 0 Å². The molecular weight excluding hydrogens is 316 g/mol. The molecule has 1 saturated heterocycles. The topological polar surface area (TPSA) is 60.2 Å². The quantitative estimate of drug-likeness (QED) is 0.857. The van der Waals surface area contributed by atoms with Gasteiger partial charge >= 0.3 is 0 Å². The van der Waals surface area contributed by atoms with Gasteiger partial charge in [0.25, 0.3) is 0 Å². The number of hydrogen-bond donors (Lipinski definition) is 0. The molecule has 1 aliphatic carbocycles. The molecule has 25 heavy (non-hydrogen) atoms. The number of benzene rings is 1. The maximum absolute atomic E-state index is 13.4. The summed E-state index contributed by atoms with van der Waals surface area (Å²) in [5.74, 6) is 1.04. The van der Waals surface area contributed by atoms with Gasteiger partial charge in [0.15, 0.2) is 5.82 Å². The number of carbonyl (C=O) groups is 1. The number of morpholine rings is 1. The maximum atomic E-state index is 13.4. The lowest BCUT2D eigenvalue weighted by molar-refractivity contribution is -0.149. The number of aryl methyl sites for hydroxylation is 1. The van der Waals surface area contributed by atoms with Crippen molar-refractivity contribution in [2.45, 2.75) is 44.2 Å². The van der Waals surface area contributed by atoms with Gasteiger partial charge in [-0.2, -0.15) is 0 Å². The van der Waals surface area contributed by atoms with Crippen LogP contribution in [0.1, 0.15) is 43.7 Å². The molecule has 0 spiro atoms. The summed E-state index contributed by atoms with van der Waals surface area (Å²) >= 11 is 0. The summed E-state index contributed by atoms with van der Waals surface area (Å²) in [6.45, 7) is 4.58. The largest absolute Gasteiger partial charge is 0.366 e. The molecule has 0 radical (unpaired) electrons. The molecule has 1 amide bonds. The third-order valence-electron chi connectivity index (χ3n) is 5.57. The summed E-state index contributed by atoms with van der Waals surface area (Å²) in [6, 6.07) is 10.2. The van der Waals surface area contributed by atoms with E-state index in [-0.39, 0.29) is 17.4 Å². The number of amides is 1. The van der Waals surface area contributed by atoms with Crippen LogP contribution in [0.25, 0.3) is 0 Å². The molecule has 0 bridgehead atoms. The van der Waals surface area contributed by atoms with E-state index in [1.54, 1.807) is 6.33 Å². The fraction of sp³-hybridized carbons (Fsp3) is 0.526. The van der Waals surface area contributed by atoms with E-state index in [9.17, 15) is 4.79 Å². The van der Waals surface area contributed by atoms with E-state index >= 15 is 0 Å². The molecule has 2 heterocycles. The summed E-state index contributed by atoms with van der Waals surface area (Å²) in [5, 5.41) is 8.20. The van der Waals surface area contributed by atoms with Crippen LogP contribution in [0.2, 0.25) is 0 Å². The normalized spacial score (nSPS) is 22.4. The number of ether oxygens (including phenoxy) is 1. The molecular formula is C19H24N4O2. The Balaban J connectivity index is 1.56. The van der Waals surface area contributed by atoms with Crippen molar-refractivity contribution < 1.29 is 9.53 Å². The Bertz CT molecular complexity index is 739. The first-order chi connectivity index (χ1) is 12.2. The third-order valence-corrected chi connectivity index (χ3v) is 5.57. The van der Waals surface area contributed by atoms with E-state index < -0.39 is 0 Å². The Kier molecular flexibility index (Phi) is 4.29. The van der Waals surface area contributed by atoms with Crippen LogP contribution in [0.3, 0.4) is 0 Å². The van der Waals surface area contributed by atoms with Crippen molar-refractivity contribution in [1.29, 1.82) is 0 Å². The Labute approximate surface area is 147 Å². The van der Waals surface area contributed by atoms with Gasteiger partial charge in [-0.25, -0.2) is 0 Å². The maximum Gasteiger partial charge on any atom is 0.233 e. The van der Waals surface area contributed by atoms with Gasteiger partial charge in [-0.05, 0) is 25.3 Å². The SMILES string of the molecule is CCn1cnnc1[C@@H]1CN(C(=O)C2(c3ccccc3)CCC2)CCO1. The van der Waals surface area contributed by atoms with Crippen molar-refractivity contribution in [2.24, 2.45) is 0 Å². The molecule has 2 aliphatic rings. The Morgan fingerprint density at radius 3 is 2.80 bits per heavy atom. The van der Waals surface area contributed by atoms with Crippen LogP contribution in [0.5, 0.6) is 0 Å². The first-order valence-corrected chi connectivity index (χ1v) is 9.09. The monoisotopic (exact) mass is 340 g/mol. The number of nitrogens with zero attached hydrogens (tertiary/aromatic N) is 4. The van der Waals surface area contributed by atoms with Crippen LogP contribution in [-0.2, 0) is 21.5 Å². The highest BCUT2D eigenvalue weighted by atomic mass is 16.5. The van der Waals surface area contributed by atoms with Gasteiger partial charge in [0.1, 0.15) is 12.4 Å². The van der Waals surface area contributed by atoms with E-state index in [4.69, 9.17) is 4.74 Å². The minimum absolute atomic E-state index is 0.201. The molecule has 1 aromatic carbocycles. The van der Waals surface area contributed by atoms with Crippen molar-refractivity contribution >= 4 is 5.91 Å². The summed E-state index contributed by atoms with van der Waals surface area (Å²) < 4.78 is 7.88. The van der Waals surface area contributed by atoms with Gasteiger partial charge in [-0.1, -0.05) is 36.8 Å². The van der Waals surface area contributed by atoms with Crippen LogP contribution >= 0.6 is 0 Å². The molecule has 132 valence electrons. The molecule has 0 unspecified atom stereocenters. The predicted octanol–water partition coefficient (Wildman–Crippen LogP) is 2.32. The number of aromatic nitrogens is 3. The van der Waals surface area contributed by atoms with Gasteiger partial charge < -0.3 is 14.2 Å². The van der Waals surface area contributed by atoms with Crippen LogP contribution < -0.4 is 0 Å². The van der Waals surface area contributed by atoms with Gasteiger partial charge in [0, 0.05) is 13.1 Å². The molecule has 1 aromatic heterocycles. The summed E-state index contributed by atoms with van der Waals surface area (Å²) in [7, 11) is 0. The highest BCUT2D eigenvalue weighted by Gasteiger charge is 2.48. The van der Waals surface area contributed by atoms with E-state index in [1.165, 1.54) is 0 Å². The second-order valence-corrected chi connectivity index (χ2v) is 6.89. The zero-order valence-electron chi connectivity index (χ0n) is 14.6. The van der Waals surface area contributed by atoms with Crippen molar-refractivity contribution in [2.75, 3.05) is 19.7 Å². The highest BCUT2D eigenvalue weighted by Crippen LogP contribution is 2.45. The lowest BCUT2D eigenvalue weighted by Gasteiger charge is -2.45. The van der Waals surface area contributed by atoms with Gasteiger partial charge in [0.05, 0.1) is 18.6 Å². The average Bonchev–Trinajstić information content (AvgIpc) is 3.10. The molecule has 1 aliphatic heterocycles. The molecule has 2 aromatic rings. The van der Waals surface area contributed by atoms with E-state index in [2.05, 4.69) is 29.3 Å². The average molecular weight is 340 g/mol. The van der Waals surface area contributed by atoms with Crippen LogP contribution in [0.4, 0.5) is 0 Å². The van der Waals surface area contributed by atoms with Gasteiger partial charge in [-0.3, -0.25) is 4.79 Å². The molecule has 4 rings (SSSR count). The minimum Gasteiger partial charge on any atom is -0.366 e. The fourth-order valence-corrected chi connectivity index (χ4v) is 3.96. The summed E-state index contributed by atoms with van der Waals surface area (Å²) in [5.41, 5.74) is 0.799. The fourth-order valence-electron chi connectivity index (χ4n) is 3.96. The van der Waals surface area contributed by atoms with E-state index in [0.717, 1.165) is 37.2 Å². The van der Waals surface area contributed by atoms with Crippen molar-refractivity contribution in [3.05, 3.63) is 48.0 Å². The van der Waals surface area contributed by atoms with Crippen LogP contribution in [-0.4, -0.2) is 45.3 Å². The standard InChI is InChI=1S/C19H24N4O2/c1-2-22-14-20-21-17(22)16-13-23(11-12-25-16)18(24)19(9-6-10-19)15-7-4-3-5-8-15/h3-5,7-8,14,16H,2,6,9-13H2,1H3/t16-/m0/s1. The molecule has 1 saturated carbocycles. The Hall–Kier alpha value is -2.21. The summed E-state index contributed by atoms with van der Waals surface area (Å²) in [6.07, 6.45) is 4.49. The Morgan fingerprint density at radius 2 is 2.12 bits per heavy atom. The van der Waals surface area contributed by atoms with Crippen LogP contribution in [0, 0.1) is 0 Å². The van der Waals surface area contributed by atoms with E-state index in [0.29, 0.717) is 19.7 Å². The van der Waals surface area contributed by atoms with Crippen molar-refractivity contribution in [1.82, 2.24) is 19.7 Å². The lowest BCUT2D eigenvalue weighted by atomic mass is 9.63. The van der Waals surface area contributed by atoms with Gasteiger partial charge in [0.2, 0.25) is 5.91 Å². The molecule has 0 N–H and O–H groups in total. The predicted molar refractivity (Wildman–Crippen MR) is 92.9 cm³/mol. The number of carbonyl (C=O) groups excluding carboxylic acids is 1. The molecule has 6 heteroatoms. The number of hydrogen-bond acceptors (Lipinski definition) is 4. The molecule has 6 nitrogen and oxygen atoms in total. The Morgan fingerprint density at radius 1 is 1.32 bits per heavy atom. The first-order valence-electron chi connectivity index (χ1n) is 9.09. The van der Waals surface area contributed by atoms with E-state index in [1.807, 2.05) is 27.7 Å². The second-order valence-electron chi connectivity index (χ2n) is 6.89. The first kappa shape index (κ1) is 16.3.